The molecule has 26 heavy (non-hydrogen) atoms. The number of halogens is 1. The Morgan fingerprint density at radius 2 is 1.92 bits per heavy atom. The number of benzene rings is 2. The van der Waals surface area contributed by atoms with Crippen molar-refractivity contribution < 1.29 is 23.1 Å². The van der Waals surface area contributed by atoms with E-state index in [0.29, 0.717) is 41.0 Å². The topological polar surface area (TPSA) is 60.7 Å². The molecule has 0 aliphatic rings. The second-order valence-corrected chi connectivity index (χ2v) is 5.87. The van der Waals surface area contributed by atoms with Crippen LogP contribution in [0.25, 0.3) is 11.0 Å². The van der Waals surface area contributed by atoms with E-state index in [1.54, 1.807) is 20.3 Å². The van der Waals surface area contributed by atoms with E-state index in [1.807, 2.05) is 18.2 Å². The monoisotopic (exact) mass is 357 g/mol. The Balaban J connectivity index is 1.56. The number of hydrogen-bond donors (Lipinski definition) is 1. The molecule has 0 spiro atoms. The number of nitrogens with one attached hydrogen (secondary N) is 1. The Kier molecular flexibility index (Phi) is 5.41. The summed E-state index contributed by atoms with van der Waals surface area (Å²) in [6, 6.07) is 9.92. The summed E-state index contributed by atoms with van der Waals surface area (Å²) in [7, 11) is 3.17. The van der Waals surface area contributed by atoms with Gasteiger partial charge in [0, 0.05) is 17.5 Å². The summed E-state index contributed by atoms with van der Waals surface area (Å²) in [6.45, 7) is 0.485. The average Bonchev–Trinajstić information content (AvgIpc) is 3.03. The van der Waals surface area contributed by atoms with E-state index in [9.17, 15) is 9.18 Å². The number of fused-ring (bicyclic) bond motifs is 1. The molecular weight excluding hydrogens is 337 g/mol. The average molecular weight is 357 g/mol. The Labute approximate surface area is 150 Å². The van der Waals surface area contributed by atoms with Crippen molar-refractivity contribution in [1.82, 2.24) is 5.32 Å². The molecular formula is C20H20FNO4. The maximum absolute atomic E-state index is 13.4. The van der Waals surface area contributed by atoms with Crippen LogP contribution < -0.4 is 14.8 Å². The second-order valence-electron chi connectivity index (χ2n) is 5.87. The van der Waals surface area contributed by atoms with Crippen LogP contribution in [0.5, 0.6) is 11.5 Å². The van der Waals surface area contributed by atoms with Gasteiger partial charge in [-0.15, -0.1) is 0 Å². The lowest BCUT2D eigenvalue weighted by molar-refractivity contribution is -0.120. The number of methoxy groups -OCH3 is 2. The fourth-order valence-corrected chi connectivity index (χ4v) is 2.81. The van der Waals surface area contributed by atoms with Gasteiger partial charge in [0.2, 0.25) is 5.91 Å². The minimum Gasteiger partial charge on any atom is -0.493 e. The smallest absolute Gasteiger partial charge is 0.224 e. The van der Waals surface area contributed by atoms with Crippen LogP contribution in [0.4, 0.5) is 4.39 Å². The zero-order valence-electron chi connectivity index (χ0n) is 14.7. The maximum atomic E-state index is 13.4. The normalized spacial score (nSPS) is 10.7. The third-order valence-electron chi connectivity index (χ3n) is 4.15. The van der Waals surface area contributed by atoms with Gasteiger partial charge >= 0.3 is 0 Å². The molecule has 0 saturated heterocycles. The van der Waals surface area contributed by atoms with Gasteiger partial charge in [0.15, 0.2) is 11.5 Å². The van der Waals surface area contributed by atoms with Gasteiger partial charge in [0.1, 0.15) is 11.4 Å². The quantitative estimate of drug-likeness (QED) is 0.703. The SMILES string of the molecule is COc1ccc(CCNC(=O)Cc2coc3ccc(F)cc23)cc1OC. The molecule has 1 heterocycles. The molecule has 1 amide bonds. The Hall–Kier alpha value is -3.02. The Morgan fingerprint density at radius 1 is 1.12 bits per heavy atom. The highest BCUT2D eigenvalue weighted by Gasteiger charge is 2.11. The second kappa shape index (κ2) is 7.91. The number of carbonyl (C=O) groups excluding carboxylic acids is 1. The summed E-state index contributed by atoms with van der Waals surface area (Å²) in [5.41, 5.74) is 2.27. The van der Waals surface area contributed by atoms with E-state index in [4.69, 9.17) is 13.9 Å². The van der Waals surface area contributed by atoms with Gasteiger partial charge in [0.05, 0.1) is 26.9 Å². The zero-order valence-corrected chi connectivity index (χ0v) is 14.7. The lowest BCUT2D eigenvalue weighted by atomic mass is 10.1. The van der Waals surface area contributed by atoms with E-state index < -0.39 is 0 Å². The molecule has 5 nitrogen and oxygen atoms in total. The molecule has 3 rings (SSSR count). The first-order valence-corrected chi connectivity index (χ1v) is 8.24. The van der Waals surface area contributed by atoms with E-state index in [2.05, 4.69) is 5.32 Å². The minimum atomic E-state index is -0.353. The third-order valence-corrected chi connectivity index (χ3v) is 4.15. The molecule has 1 N–H and O–H groups in total. The van der Waals surface area contributed by atoms with E-state index >= 15 is 0 Å². The van der Waals surface area contributed by atoms with Crippen molar-refractivity contribution in [3.05, 3.63) is 59.6 Å². The number of carbonyl (C=O) groups is 1. The molecule has 0 bridgehead atoms. The predicted molar refractivity (Wildman–Crippen MR) is 96.1 cm³/mol. The first-order chi connectivity index (χ1) is 12.6. The largest absolute Gasteiger partial charge is 0.493 e. The number of rotatable bonds is 7. The lowest BCUT2D eigenvalue weighted by Crippen LogP contribution is -2.27. The molecule has 0 saturated carbocycles. The molecule has 0 aliphatic heterocycles. The van der Waals surface area contributed by atoms with Crippen molar-refractivity contribution in [3.8, 4) is 11.5 Å². The standard InChI is InChI=1S/C20H20FNO4/c1-24-18-5-3-13(9-19(18)25-2)7-8-22-20(23)10-14-12-26-17-6-4-15(21)11-16(14)17/h3-6,9,11-12H,7-8,10H2,1-2H3,(H,22,23). The summed E-state index contributed by atoms with van der Waals surface area (Å²) in [5, 5.41) is 3.49. The number of hydrogen-bond acceptors (Lipinski definition) is 4. The lowest BCUT2D eigenvalue weighted by Gasteiger charge is -2.10. The van der Waals surface area contributed by atoms with Crippen LogP contribution in [0.1, 0.15) is 11.1 Å². The molecule has 0 atom stereocenters. The summed E-state index contributed by atoms with van der Waals surface area (Å²) in [6.07, 6.45) is 2.30. The van der Waals surface area contributed by atoms with Gasteiger partial charge in [-0.2, -0.15) is 0 Å². The molecule has 6 heteroatoms. The Bertz CT molecular complexity index is 919. The summed E-state index contributed by atoms with van der Waals surface area (Å²) in [4.78, 5) is 12.2. The fourth-order valence-electron chi connectivity index (χ4n) is 2.81. The van der Waals surface area contributed by atoms with Crippen molar-refractivity contribution in [2.45, 2.75) is 12.8 Å². The van der Waals surface area contributed by atoms with Crippen molar-refractivity contribution in [3.63, 3.8) is 0 Å². The van der Waals surface area contributed by atoms with Crippen LogP contribution >= 0.6 is 0 Å². The molecule has 0 aliphatic carbocycles. The van der Waals surface area contributed by atoms with Gasteiger partial charge in [-0.05, 0) is 42.3 Å². The van der Waals surface area contributed by atoms with E-state index in [-0.39, 0.29) is 18.1 Å². The van der Waals surface area contributed by atoms with Gasteiger partial charge in [-0.1, -0.05) is 6.07 Å². The highest BCUT2D eigenvalue weighted by Crippen LogP contribution is 2.27. The van der Waals surface area contributed by atoms with Crippen molar-refractivity contribution in [2.75, 3.05) is 20.8 Å². The van der Waals surface area contributed by atoms with Crippen LogP contribution in [-0.2, 0) is 17.6 Å². The van der Waals surface area contributed by atoms with Crippen molar-refractivity contribution in [2.24, 2.45) is 0 Å². The van der Waals surface area contributed by atoms with Gasteiger partial charge < -0.3 is 19.2 Å². The molecule has 0 radical (unpaired) electrons. The highest BCUT2D eigenvalue weighted by atomic mass is 19.1. The van der Waals surface area contributed by atoms with Crippen LogP contribution in [0, 0.1) is 5.82 Å². The van der Waals surface area contributed by atoms with Crippen LogP contribution in [0.3, 0.4) is 0 Å². The van der Waals surface area contributed by atoms with E-state index in [0.717, 1.165) is 5.56 Å². The Morgan fingerprint density at radius 3 is 2.69 bits per heavy atom. The number of ether oxygens (including phenoxy) is 2. The van der Waals surface area contributed by atoms with Crippen molar-refractivity contribution in [1.29, 1.82) is 0 Å². The van der Waals surface area contributed by atoms with Gasteiger partial charge in [-0.25, -0.2) is 4.39 Å². The molecule has 136 valence electrons. The summed E-state index contributed by atoms with van der Waals surface area (Å²) >= 11 is 0. The molecule has 3 aromatic rings. The molecule has 0 fully saturated rings. The minimum absolute atomic E-state index is 0.141. The number of amides is 1. The predicted octanol–water partition coefficient (Wildman–Crippen LogP) is 3.49. The van der Waals surface area contributed by atoms with E-state index in [1.165, 1.54) is 18.4 Å². The third kappa shape index (κ3) is 3.96. The molecule has 0 unspecified atom stereocenters. The van der Waals surface area contributed by atoms with Crippen LogP contribution in [0.2, 0.25) is 0 Å². The maximum Gasteiger partial charge on any atom is 0.224 e. The van der Waals surface area contributed by atoms with Crippen molar-refractivity contribution >= 4 is 16.9 Å². The zero-order chi connectivity index (χ0) is 18.5. The van der Waals surface area contributed by atoms with Crippen LogP contribution in [0.15, 0.2) is 47.1 Å². The fraction of sp³-hybridized carbons (Fsp3) is 0.250. The first-order valence-electron chi connectivity index (χ1n) is 8.24. The highest BCUT2D eigenvalue weighted by molar-refractivity contribution is 5.87. The van der Waals surface area contributed by atoms with Crippen LogP contribution in [-0.4, -0.2) is 26.7 Å². The summed E-state index contributed by atoms with van der Waals surface area (Å²) in [5.74, 6) is 0.828. The first kappa shape index (κ1) is 17.8. The molecule has 1 aromatic heterocycles. The van der Waals surface area contributed by atoms with Gasteiger partial charge in [-0.3, -0.25) is 4.79 Å². The molecule has 2 aromatic carbocycles. The summed E-state index contributed by atoms with van der Waals surface area (Å²) < 4.78 is 29.2. The number of furan rings is 1. The van der Waals surface area contributed by atoms with Gasteiger partial charge in [0.25, 0.3) is 0 Å².